The number of allylic oxidation sites excluding steroid dienone is 1. The number of carbonyl (C=O) groups is 2. The van der Waals surface area contributed by atoms with Crippen LogP contribution in [0.2, 0.25) is 0 Å². The fourth-order valence-electron chi connectivity index (χ4n) is 2.98. The Bertz CT molecular complexity index is 1210. The highest BCUT2D eigenvalue weighted by Gasteiger charge is 2.18. The van der Waals surface area contributed by atoms with Crippen molar-refractivity contribution in [2.75, 3.05) is 6.61 Å². The van der Waals surface area contributed by atoms with Crippen molar-refractivity contribution in [3.8, 4) is 11.5 Å². The predicted molar refractivity (Wildman–Crippen MR) is 120 cm³/mol. The van der Waals surface area contributed by atoms with E-state index in [1.807, 2.05) is 30.3 Å². The minimum Gasteiger partial charge on any atom is -0.488 e. The van der Waals surface area contributed by atoms with Gasteiger partial charge in [0.05, 0.1) is 0 Å². The zero-order valence-electron chi connectivity index (χ0n) is 17.8. The summed E-state index contributed by atoms with van der Waals surface area (Å²) in [6, 6.07) is 17.8. The van der Waals surface area contributed by atoms with Crippen molar-refractivity contribution in [2.45, 2.75) is 13.5 Å². The fraction of sp³-hybridized carbons (Fsp3) is 0.160. The molecule has 1 N–H and O–H groups in total. The summed E-state index contributed by atoms with van der Waals surface area (Å²) < 4.78 is 12.4. The van der Waals surface area contributed by atoms with E-state index in [-0.39, 0.29) is 17.9 Å². The Morgan fingerprint density at radius 3 is 2.50 bits per heavy atom. The molecule has 1 aromatic heterocycles. The number of aliphatic carboxylic acids is 1. The van der Waals surface area contributed by atoms with Crippen molar-refractivity contribution < 1.29 is 24.2 Å². The molecule has 7 heteroatoms. The highest BCUT2D eigenvalue weighted by atomic mass is 16.5. The minimum absolute atomic E-state index is 0.0523. The van der Waals surface area contributed by atoms with Crippen molar-refractivity contribution in [2.24, 2.45) is 7.05 Å². The smallest absolute Gasteiger partial charge is 0.341 e. The van der Waals surface area contributed by atoms with Gasteiger partial charge in [0, 0.05) is 18.8 Å². The van der Waals surface area contributed by atoms with E-state index in [1.54, 1.807) is 44.3 Å². The lowest BCUT2D eigenvalue weighted by Crippen LogP contribution is -2.26. The van der Waals surface area contributed by atoms with Gasteiger partial charge in [-0.1, -0.05) is 48.5 Å². The van der Waals surface area contributed by atoms with Crippen LogP contribution in [0, 0.1) is 6.92 Å². The van der Waals surface area contributed by atoms with Gasteiger partial charge in [0.25, 0.3) is 5.56 Å². The van der Waals surface area contributed by atoms with E-state index in [0.717, 1.165) is 5.56 Å². The molecular weight excluding hydrogens is 410 g/mol. The molecule has 0 saturated carbocycles. The van der Waals surface area contributed by atoms with Crippen LogP contribution in [0.3, 0.4) is 0 Å². The quantitative estimate of drug-likeness (QED) is 0.409. The Morgan fingerprint density at radius 1 is 1.03 bits per heavy atom. The fourth-order valence-corrected chi connectivity index (χ4v) is 2.98. The third kappa shape index (κ3) is 5.72. The predicted octanol–water partition coefficient (Wildman–Crippen LogP) is 3.63. The summed E-state index contributed by atoms with van der Waals surface area (Å²) >= 11 is 0. The van der Waals surface area contributed by atoms with E-state index in [1.165, 1.54) is 16.7 Å². The second-order valence-electron chi connectivity index (χ2n) is 7.12. The maximum Gasteiger partial charge on any atom is 0.341 e. The normalized spacial score (nSPS) is 10.8. The number of hydrogen-bond donors (Lipinski definition) is 1. The van der Waals surface area contributed by atoms with E-state index in [2.05, 4.69) is 0 Å². The summed E-state index contributed by atoms with van der Waals surface area (Å²) in [5.41, 5.74) is 1.71. The third-order valence-corrected chi connectivity index (χ3v) is 4.77. The molecule has 0 fully saturated rings. The van der Waals surface area contributed by atoms with Gasteiger partial charge < -0.3 is 19.1 Å². The summed E-state index contributed by atoms with van der Waals surface area (Å²) in [4.78, 5) is 36.4. The molecule has 0 amide bonds. The van der Waals surface area contributed by atoms with E-state index in [9.17, 15) is 14.4 Å². The highest BCUT2D eigenvalue weighted by molar-refractivity contribution is 6.08. The van der Waals surface area contributed by atoms with Gasteiger partial charge in [0.2, 0.25) is 0 Å². The van der Waals surface area contributed by atoms with Crippen LogP contribution in [0.25, 0.3) is 6.08 Å². The highest BCUT2D eigenvalue weighted by Crippen LogP contribution is 2.20. The van der Waals surface area contributed by atoms with E-state index in [4.69, 9.17) is 14.6 Å². The topological polar surface area (TPSA) is 94.8 Å². The molecule has 0 aliphatic rings. The number of ether oxygens (including phenoxy) is 2. The number of aryl methyl sites for hydroxylation is 1. The molecule has 0 bridgehead atoms. The second-order valence-corrected chi connectivity index (χ2v) is 7.12. The number of ketones is 1. The largest absolute Gasteiger partial charge is 0.488 e. The maximum absolute atomic E-state index is 12.9. The molecule has 1 heterocycles. The molecule has 0 spiro atoms. The molecule has 0 saturated heterocycles. The Labute approximate surface area is 185 Å². The molecule has 0 aliphatic carbocycles. The molecule has 7 nitrogen and oxygen atoms in total. The van der Waals surface area contributed by atoms with E-state index < -0.39 is 23.9 Å². The Morgan fingerprint density at radius 2 is 1.78 bits per heavy atom. The molecule has 2 aromatic carbocycles. The lowest BCUT2D eigenvalue weighted by molar-refractivity contribution is -0.139. The number of carboxylic acid groups (broad SMARTS) is 1. The van der Waals surface area contributed by atoms with Gasteiger partial charge in [-0.3, -0.25) is 9.59 Å². The minimum atomic E-state index is -1.08. The lowest BCUT2D eigenvalue weighted by Gasteiger charge is -2.13. The number of hydrogen-bond acceptors (Lipinski definition) is 5. The van der Waals surface area contributed by atoms with Crippen LogP contribution in [0.5, 0.6) is 11.5 Å². The van der Waals surface area contributed by atoms with Crippen molar-refractivity contribution in [1.29, 1.82) is 0 Å². The molecule has 0 atom stereocenters. The van der Waals surface area contributed by atoms with Crippen LogP contribution in [0.15, 0.2) is 71.5 Å². The molecule has 0 unspecified atom stereocenters. The molecule has 3 rings (SSSR count). The SMILES string of the molecule is Cc1cc(OCc2ccccc2)c(C(=O)/C=C/c2cccc(OCC(=O)O)c2)c(=O)n1C. The average Bonchev–Trinajstić information content (AvgIpc) is 2.79. The van der Waals surface area contributed by atoms with Gasteiger partial charge in [0.1, 0.15) is 23.7 Å². The van der Waals surface area contributed by atoms with Crippen LogP contribution in [0.4, 0.5) is 0 Å². The number of nitrogens with zero attached hydrogens (tertiary/aromatic N) is 1. The van der Waals surface area contributed by atoms with Crippen molar-refractivity contribution in [1.82, 2.24) is 4.57 Å². The lowest BCUT2D eigenvalue weighted by atomic mass is 10.1. The first kappa shape index (κ1) is 22.6. The standard InChI is InChI=1S/C25H23NO6/c1-17-13-22(32-15-19-7-4-3-5-8-19)24(25(30)26(17)2)21(27)12-11-18-9-6-10-20(14-18)31-16-23(28)29/h3-14H,15-16H2,1-2H3,(H,28,29)/b12-11+. The first-order chi connectivity index (χ1) is 15.3. The monoisotopic (exact) mass is 433 g/mol. The van der Waals surface area contributed by atoms with Gasteiger partial charge in [-0.25, -0.2) is 4.79 Å². The number of carbonyl (C=O) groups excluding carboxylic acids is 1. The molecule has 3 aromatic rings. The van der Waals surface area contributed by atoms with E-state index >= 15 is 0 Å². The van der Waals surface area contributed by atoms with Gasteiger partial charge in [-0.15, -0.1) is 0 Å². The average molecular weight is 433 g/mol. The molecule has 0 aliphatic heterocycles. The Hall–Kier alpha value is -4.13. The van der Waals surface area contributed by atoms with Crippen LogP contribution < -0.4 is 15.0 Å². The zero-order chi connectivity index (χ0) is 23.1. The van der Waals surface area contributed by atoms with Crippen LogP contribution in [-0.4, -0.2) is 28.0 Å². The number of rotatable bonds is 9. The second kappa shape index (κ2) is 10.3. The molecule has 0 radical (unpaired) electrons. The maximum atomic E-state index is 12.9. The summed E-state index contributed by atoms with van der Waals surface area (Å²) in [7, 11) is 1.60. The summed E-state index contributed by atoms with van der Waals surface area (Å²) in [5, 5.41) is 8.73. The van der Waals surface area contributed by atoms with Gasteiger partial charge >= 0.3 is 5.97 Å². The van der Waals surface area contributed by atoms with Gasteiger partial charge in [0.15, 0.2) is 12.4 Å². The molecule has 32 heavy (non-hydrogen) atoms. The third-order valence-electron chi connectivity index (χ3n) is 4.77. The number of carboxylic acids is 1. The first-order valence-corrected chi connectivity index (χ1v) is 9.89. The zero-order valence-corrected chi connectivity index (χ0v) is 17.8. The van der Waals surface area contributed by atoms with Crippen molar-refractivity contribution in [3.05, 3.63) is 99.5 Å². The number of benzene rings is 2. The summed E-state index contributed by atoms with van der Waals surface area (Å²) in [5.74, 6) is -0.993. The van der Waals surface area contributed by atoms with Crippen molar-refractivity contribution in [3.63, 3.8) is 0 Å². The van der Waals surface area contributed by atoms with Crippen LogP contribution >= 0.6 is 0 Å². The number of aromatic nitrogens is 1. The summed E-state index contributed by atoms with van der Waals surface area (Å²) in [6.07, 6.45) is 2.83. The van der Waals surface area contributed by atoms with Crippen LogP contribution in [0.1, 0.15) is 27.2 Å². The van der Waals surface area contributed by atoms with Gasteiger partial charge in [-0.05, 0) is 36.3 Å². The Kier molecular flexibility index (Phi) is 7.23. The molecule has 164 valence electrons. The first-order valence-electron chi connectivity index (χ1n) is 9.89. The summed E-state index contributed by atoms with van der Waals surface area (Å²) in [6.45, 7) is 1.53. The van der Waals surface area contributed by atoms with Crippen molar-refractivity contribution >= 4 is 17.8 Å². The molecular formula is C25H23NO6. The van der Waals surface area contributed by atoms with E-state index in [0.29, 0.717) is 17.0 Å². The van der Waals surface area contributed by atoms with Crippen LogP contribution in [-0.2, 0) is 18.4 Å². The Balaban J connectivity index is 1.85. The number of pyridine rings is 1. The van der Waals surface area contributed by atoms with Gasteiger partial charge in [-0.2, -0.15) is 0 Å².